The molecule has 3 rings (SSSR count). The molecule has 0 aliphatic heterocycles. The van der Waals surface area contributed by atoms with Crippen LogP contribution >= 0.6 is 0 Å². The van der Waals surface area contributed by atoms with E-state index in [0.29, 0.717) is 28.4 Å². The number of hydrogen-bond acceptors (Lipinski definition) is 4. The topological polar surface area (TPSA) is 84.2 Å². The number of carbonyl (C=O) groups is 2. The van der Waals surface area contributed by atoms with Crippen molar-refractivity contribution in [3.8, 4) is 0 Å². The van der Waals surface area contributed by atoms with Gasteiger partial charge in [0, 0.05) is 35.8 Å². The van der Waals surface area contributed by atoms with E-state index < -0.39 is 0 Å². The van der Waals surface area contributed by atoms with Crippen LogP contribution in [0.5, 0.6) is 0 Å². The van der Waals surface area contributed by atoms with E-state index in [1.54, 1.807) is 49.4 Å². The number of hydrogen-bond donors (Lipinski definition) is 2. The van der Waals surface area contributed by atoms with Crippen LogP contribution in [0.3, 0.4) is 0 Å². The predicted molar refractivity (Wildman–Crippen MR) is 96.6 cm³/mol. The Hall–Kier alpha value is -3.15. The fourth-order valence-corrected chi connectivity index (χ4v) is 2.31. The summed E-state index contributed by atoms with van der Waals surface area (Å²) in [5, 5.41) is 5.61. The summed E-state index contributed by atoms with van der Waals surface area (Å²) in [6, 6.07) is 12.1. The third-order valence-electron chi connectivity index (χ3n) is 3.69. The average molecular weight is 337 g/mol. The van der Waals surface area contributed by atoms with Crippen LogP contribution in [-0.2, 0) is 4.79 Å². The SMILES string of the molecule is Cc1nc2ccc(NC(=O)c3ccc(NC(=O)C(C)C)cc3)cc2o1. The van der Waals surface area contributed by atoms with Gasteiger partial charge in [0.1, 0.15) is 5.52 Å². The molecule has 0 aliphatic carbocycles. The minimum absolute atomic E-state index is 0.0622. The second kappa shape index (κ2) is 6.76. The summed E-state index contributed by atoms with van der Waals surface area (Å²) in [6.45, 7) is 5.42. The number of aromatic nitrogens is 1. The Morgan fingerprint density at radius 1 is 1.00 bits per heavy atom. The second-order valence-corrected chi connectivity index (χ2v) is 6.09. The number of amides is 2. The van der Waals surface area contributed by atoms with Crippen LogP contribution in [-0.4, -0.2) is 16.8 Å². The van der Waals surface area contributed by atoms with Crippen molar-refractivity contribution in [2.24, 2.45) is 5.92 Å². The summed E-state index contributed by atoms with van der Waals surface area (Å²) in [5.41, 5.74) is 3.17. The Morgan fingerprint density at radius 3 is 2.36 bits per heavy atom. The number of fused-ring (bicyclic) bond motifs is 1. The molecule has 0 bridgehead atoms. The molecule has 128 valence electrons. The molecule has 0 fully saturated rings. The summed E-state index contributed by atoms with van der Waals surface area (Å²) in [7, 11) is 0. The standard InChI is InChI=1S/C19H19N3O3/c1-11(2)18(23)21-14-6-4-13(5-7-14)19(24)22-15-8-9-16-17(10-15)25-12(3)20-16/h4-11H,1-3H3,(H,21,23)(H,22,24). The normalized spacial score (nSPS) is 10.9. The van der Waals surface area contributed by atoms with Gasteiger partial charge in [-0.3, -0.25) is 9.59 Å². The van der Waals surface area contributed by atoms with Gasteiger partial charge in [-0.25, -0.2) is 4.98 Å². The van der Waals surface area contributed by atoms with E-state index >= 15 is 0 Å². The van der Waals surface area contributed by atoms with Crippen molar-refractivity contribution < 1.29 is 14.0 Å². The molecule has 1 aromatic heterocycles. The number of rotatable bonds is 4. The lowest BCUT2D eigenvalue weighted by Crippen LogP contribution is -2.18. The molecule has 0 unspecified atom stereocenters. The van der Waals surface area contributed by atoms with Crippen LogP contribution < -0.4 is 10.6 Å². The highest BCUT2D eigenvalue weighted by Gasteiger charge is 2.10. The lowest BCUT2D eigenvalue weighted by Gasteiger charge is -2.09. The molecule has 0 spiro atoms. The first-order valence-corrected chi connectivity index (χ1v) is 8.02. The zero-order chi connectivity index (χ0) is 18.0. The molecule has 1 heterocycles. The van der Waals surface area contributed by atoms with Gasteiger partial charge in [0.05, 0.1) is 0 Å². The molecule has 6 heteroatoms. The van der Waals surface area contributed by atoms with Crippen LogP contribution in [0.1, 0.15) is 30.1 Å². The molecule has 3 aromatic rings. The molecule has 0 radical (unpaired) electrons. The van der Waals surface area contributed by atoms with Crippen molar-refractivity contribution in [2.75, 3.05) is 10.6 Å². The van der Waals surface area contributed by atoms with Gasteiger partial charge in [0.2, 0.25) is 5.91 Å². The maximum absolute atomic E-state index is 12.4. The van der Waals surface area contributed by atoms with Crippen molar-refractivity contribution in [3.63, 3.8) is 0 Å². The van der Waals surface area contributed by atoms with Crippen LogP contribution in [0.15, 0.2) is 46.9 Å². The van der Waals surface area contributed by atoms with Gasteiger partial charge in [-0.2, -0.15) is 0 Å². The maximum atomic E-state index is 12.4. The number of aryl methyl sites for hydroxylation is 1. The highest BCUT2D eigenvalue weighted by molar-refractivity contribution is 6.05. The van der Waals surface area contributed by atoms with Gasteiger partial charge >= 0.3 is 0 Å². The summed E-state index contributed by atoms with van der Waals surface area (Å²) in [5.74, 6) is 0.181. The second-order valence-electron chi connectivity index (χ2n) is 6.09. The van der Waals surface area contributed by atoms with E-state index in [2.05, 4.69) is 15.6 Å². The van der Waals surface area contributed by atoms with Gasteiger partial charge in [-0.05, 0) is 36.4 Å². The van der Waals surface area contributed by atoms with Gasteiger partial charge in [0.25, 0.3) is 5.91 Å². The highest BCUT2D eigenvalue weighted by atomic mass is 16.3. The third kappa shape index (κ3) is 3.85. The Morgan fingerprint density at radius 2 is 1.68 bits per heavy atom. The van der Waals surface area contributed by atoms with Crippen molar-refractivity contribution in [2.45, 2.75) is 20.8 Å². The first-order chi connectivity index (χ1) is 11.9. The van der Waals surface area contributed by atoms with Crippen LogP contribution in [0.25, 0.3) is 11.1 Å². The van der Waals surface area contributed by atoms with E-state index in [9.17, 15) is 9.59 Å². The lowest BCUT2D eigenvalue weighted by atomic mass is 10.1. The smallest absolute Gasteiger partial charge is 0.255 e. The van der Waals surface area contributed by atoms with Gasteiger partial charge in [-0.1, -0.05) is 13.8 Å². The molecule has 0 aliphatic rings. The van der Waals surface area contributed by atoms with Crippen LogP contribution in [0.4, 0.5) is 11.4 Å². The molecule has 0 atom stereocenters. The van der Waals surface area contributed by atoms with Crippen molar-refractivity contribution in [3.05, 3.63) is 53.9 Å². The Bertz CT molecular complexity index is 927. The van der Waals surface area contributed by atoms with Crippen molar-refractivity contribution >= 4 is 34.3 Å². The fraction of sp³-hybridized carbons (Fsp3) is 0.211. The quantitative estimate of drug-likeness (QED) is 0.754. The zero-order valence-electron chi connectivity index (χ0n) is 14.3. The average Bonchev–Trinajstić information content (AvgIpc) is 2.94. The number of benzene rings is 2. The number of nitrogens with one attached hydrogen (secondary N) is 2. The zero-order valence-corrected chi connectivity index (χ0v) is 14.3. The third-order valence-corrected chi connectivity index (χ3v) is 3.69. The maximum Gasteiger partial charge on any atom is 0.255 e. The van der Waals surface area contributed by atoms with Crippen LogP contribution in [0, 0.1) is 12.8 Å². The Balaban J connectivity index is 1.70. The van der Waals surface area contributed by atoms with E-state index in [1.807, 2.05) is 13.8 Å². The molecule has 2 N–H and O–H groups in total. The van der Waals surface area contributed by atoms with Gasteiger partial charge in [-0.15, -0.1) is 0 Å². The molecule has 6 nitrogen and oxygen atoms in total. The summed E-state index contributed by atoms with van der Waals surface area (Å²) < 4.78 is 5.47. The summed E-state index contributed by atoms with van der Waals surface area (Å²) in [6.07, 6.45) is 0. The summed E-state index contributed by atoms with van der Waals surface area (Å²) >= 11 is 0. The number of carbonyl (C=O) groups excluding carboxylic acids is 2. The fourth-order valence-electron chi connectivity index (χ4n) is 2.31. The molecule has 0 saturated heterocycles. The van der Waals surface area contributed by atoms with E-state index in [-0.39, 0.29) is 17.7 Å². The first-order valence-electron chi connectivity index (χ1n) is 8.02. The number of anilines is 2. The van der Waals surface area contributed by atoms with E-state index in [0.717, 1.165) is 5.52 Å². The van der Waals surface area contributed by atoms with Crippen molar-refractivity contribution in [1.82, 2.24) is 4.98 Å². The minimum atomic E-state index is -0.239. The first kappa shape index (κ1) is 16.7. The predicted octanol–water partition coefficient (Wildman–Crippen LogP) is 3.98. The highest BCUT2D eigenvalue weighted by Crippen LogP contribution is 2.20. The molecular formula is C19H19N3O3. The lowest BCUT2D eigenvalue weighted by molar-refractivity contribution is -0.118. The van der Waals surface area contributed by atoms with Gasteiger partial charge < -0.3 is 15.1 Å². The molecule has 2 amide bonds. The van der Waals surface area contributed by atoms with Crippen LogP contribution in [0.2, 0.25) is 0 Å². The number of oxazole rings is 1. The Kier molecular flexibility index (Phi) is 4.52. The largest absolute Gasteiger partial charge is 0.441 e. The summed E-state index contributed by atoms with van der Waals surface area (Å²) in [4.78, 5) is 28.3. The molecule has 25 heavy (non-hydrogen) atoms. The Labute approximate surface area is 145 Å². The molecule has 0 saturated carbocycles. The van der Waals surface area contributed by atoms with Crippen molar-refractivity contribution in [1.29, 1.82) is 0 Å². The number of nitrogens with zero attached hydrogens (tertiary/aromatic N) is 1. The van der Waals surface area contributed by atoms with E-state index in [4.69, 9.17) is 4.42 Å². The van der Waals surface area contributed by atoms with E-state index in [1.165, 1.54) is 0 Å². The minimum Gasteiger partial charge on any atom is -0.441 e. The molecular weight excluding hydrogens is 318 g/mol. The monoisotopic (exact) mass is 337 g/mol. The van der Waals surface area contributed by atoms with Gasteiger partial charge in [0.15, 0.2) is 11.5 Å². The molecule has 2 aromatic carbocycles.